The predicted molar refractivity (Wildman–Crippen MR) is 121 cm³/mol. The zero-order valence-electron chi connectivity index (χ0n) is 17.5. The van der Waals surface area contributed by atoms with Crippen LogP contribution in [0, 0.1) is 12.7 Å². The molecule has 3 aromatic rings. The Bertz CT molecular complexity index is 1230. The van der Waals surface area contributed by atoms with Gasteiger partial charge in [0.2, 0.25) is 0 Å². The van der Waals surface area contributed by atoms with Crippen LogP contribution in [0.2, 0.25) is 0 Å². The summed E-state index contributed by atoms with van der Waals surface area (Å²) in [6.07, 6.45) is 1.39. The molecule has 0 radical (unpaired) electrons. The molecule has 0 unspecified atom stereocenters. The highest BCUT2D eigenvalue weighted by Crippen LogP contribution is 2.26. The van der Waals surface area contributed by atoms with E-state index < -0.39 is 28.3 Å². The van der Waals surface area contributed by atoms with Crippen LogP contribution in [0.5, 0.6) is 5.75 Å². The number of aryl methyl sites for hydroxylation is 1. The third-order valence-electron chi connectivity index (χ3n) is 4.51. The number of halogens is 1. The molecule has 0 fully saturated rings. The number of rotatable bonds is 8. The van der Waals surface area contributed by atoms with E-state index in [-0.39, 0.29) is 10.6 Å². The molecule has 7 nitrogen and oxygen atoms in total. The van der Waals surface area contributed by atoms with Crippen molar-refractivity contribution in [3.8, 4) is 5.75 Å². The SMILES string of the molecule is COc1cccc(/C=N\NC(=O)CN(c2ccccc2F)S(=O)(=O)c2ccc(C)cc2)c1. The number of nitrogens with one attached hydrogen (secondary N) is 1. The Labute approximate surface area is 186 Å². The normalized spacial score (nSPS) is 11.3. The number of benzene rings is 3. The van der Waals surface area contributed by atoms with Crippen molar-refractivity contribution in [1.82, 2.24) is 5.43 Å². The van der Waals surface area contributed by atoms with Crippen molar-refractivity contribution in [2.75, 3.05) is 18.0 Å². The molecule has 3 rings (SSSR count). The van der Waals surface area contributed by atoms with Crippen LogP contribution in [0.25, 0.3) is 0 Å². The molecule has 0 aromatic heterocycles. The summed E-state index contributed by atoms with van der Waals surface area (Å²) < 4.78 is 46.8. The van der Waals surface area contributed by atoms with E-state index in [0.29, 0.717) is 11.3 Å². The average molecular weight is 456 g/mol. The number of hydrogen-bond acceptors (Lipinski definition) is 5. The van der Waals surface area contributed by atoms with Crippen molar-refractivity contribution in [3.63, 3.8) is 0 Å². The van der Waals surface area contributed by atoms with Crippen LogP contribution >= 0.6 is 0 Å². The minimum Gasteiger partial charge on any atom is -0.497 e. The number of methoxy groups -OCH3 is 1. The highest BCUT2D eigenvalue weighted by atomic mass is 32.2. The fraction of sp³-hybridized carbons (Fsp3) is 0.130. The van der Waals surface area contributed by atoms with E-state index in [1.165, 1.54) is 43.7 Å². The maximum Gasteiger partial charge on any atom is 0.264 e. The first-order chi connectivity index (χ1) is 15.3. The van der Waals surface area contributed by atoms with Gasteiger partial charge in [0.25, 0.3) is 15.9 Å². The number of carbonyl (C=O) groups excluding carboxylic acids is 1. The summed E-state index contributed by atoms with van der Waals surface area (Å²) in [7, 11) is -2.68. The highest BCUT2D eigenvalue weighted by molar-refractivity contribution is 7.92. The van der Waals surface area contributed by atoms with Gasteiger partial charge in [0.1, 0.15) is 18.1 Å². The fourth-order valence-corrected chi connectivity index (χ4v) is 4.29. The van der Waals surface area contributed by atoms with Crippen LogP contribution < -0.4 is 14.5 Å². The van der Waals surface area contributed by atoms with Crippen LogP contribution in [-0.2, 0) is 14.8 Å². The first-order valence-electron chi connectivity index (χ1n) is 9.61. The molecule has 32 heavy (non-hydrogen) atoms. The Balaban J connectivity index is 1.84. The molecular formula is C23H22FN3O4S. The number of amides is 1. The van der Waals surface area contributed by atoms with Gasteiger partial charge in [-0.25, -0.2) is 18.2 Å². The second-order valence-corrected chi connectivity index (χ2v) is 8.71. The third kappa shape index (κ3) is 5.50. The molecule has 0 spiro atoms. The molecule has 1 N–H and O–H groups in total. The molecule has 1 amide bonds. The number of carbonyl (C=O) groups is 1. The molecule has 166 valence electrons. The van der Waals surface area contributed by atoms with Crippen LogP contribution in [0.3, 0.4) is 0 Å². The molecule has 0 heterocycles. The van der Waals surface area contributed by atoms with E-state index in [0.717, 1.165) is 15.9 Å². The number of anilines is 1. The quantitative estimate of drug-likeness (QED) is 0.416. The maximum absolute atomic E-state index is 14.5. The smallest absolute Gasteiger partial charge is 0.264 e. The van der Waals surface area contributed by atoms with Crippen molar-refractivity contribution in [1.29, 1.82) is 0 Å². The summed E-state index contributed by atoms with van der Waals surface area (Å²) >= 11 is 0. The van der Waals surface area contributed by atoms with Gasteiger partial charge in [-0.1, -0.05) is 42.0 Å². The molecular weight excluding hydrogens is 433 g/mol. The first-order valence-corrected chi connectivity index (χ1v) is 11.0. The van der Waals surface area contributed by atoms with E-state index in [4.69, 9.17) is 4.74 Å². The van der Waals surface area contributed by atoms with Crippen molar-refractivity contribution < 1.29 is 22.3 Å². The lowest BCUT2D eigenvalue weighted by Gasteiger charge is -2.24. The molecule has 9 heteroatoms. The molecule has 0 saturated heterocycles. The van der Waals surface area contributed by atoms with Crippen LogP contribution in [0.1, 0.15) is 11.1 Å². The number of sulfonamides is 1. The van der Waals surface area contributed by atoms with Crippen molar-refractivity contribution in [2.24, 2.45) is 5.10 Å². The summed E-state index contributed by atoms with van der Waals surface area (Å²) in [4.78, 5) is 12.4. The second kappa shape index (κ2) is 10.1. The summed E-state index contributed by atoms with van der Waals surface area (Å²) in [6.45, 7) is 1.16. The molecule has 0 bridgehead atoms. The monoisotopic (exact) mass is 455 g/mol. The number of nitrogens with zero attached hydrogens (tertiary/aromatic N) is 2. The molecule has 0 aliphatic carbocycles. The number of hydrogen-bond donors (Lipinski definition) is 1. The van der Waals surface area contributed by atoms with E-state index in [1.807, 2.05) is 6.92 Å². The minimum atomic E-state index is -4.21. The van der Waals surface area contributed by atoms with Gasteiger partial charge in [-0.2, -0.15) is 5.10 Å². The topological polar surface area (TPSA) is 88.1 Å². The molecule has 0 saturated carbocycles. The summed E-state index contributed by atoms with van der Waals surface area (Å²) in [6, 6.07) is 18.4. The number of hydrazone groups is 1. The van der Waals surface area contributed by atoms with Crippen molar-refractivity contribution >= 4 is 27.8 Å². The van der Waals surface area contributed by atoms with Gasteiger partial charge in [0.05, 0.1) is 23.9 Å². The van der Waals surface area contributed by atoms with E-state index in [2.05, 4.69) is 10.5 Å². The fourth-order valence-electron chi connectivity index (χ4n) is 2.86. The lowest BCUT2D eigenvalue weighted by molar-refractivity contribution is -0.119. The summed E-state index contributed by atoms with van der Waals surface area (Å²) in [5, 5.41) is 3.86. The van der Waals surface area contributed by atoms with Crippen molar-refractivity contribution in [2.45, 2.75) is 11.8 Å². The van der Waals surface area contributed by atoms with Gasteiger partial charge in [-0.05, 0) is 48.9 Å². The summed E-state index contributed by atoms with van der Waals surface area (Å²) in [5.74, 6) is -0.880. The Kier molecular flexibility index (Phi) is 7.21. The first kappa shape index (κ1) is 23.0. The molecule has 3 aromatic carbocycles. The predicted octanol–water partition coefficient (Wildman–Crippen LogP) is 3.49. The Morgan fingerprint density at radius 1 is 1.09 bits per heavy atom. The zero-order chi connectivity index (χ0) is 23.1. The molecule has 0 aliphatic heterocycles. The molecule has 0 atom stereocenters. The minimum absolute atomic E-state index is 0.0564. The zero-order valence-corrected chi connectivity index (χ0v) is 18.3. The van der Waals surface area contributed by atoms with Gasteiger partial charge in [-0.15, -0.1) is 0 Å². The third-order valence-corrected chi connectivity index (χ3v) is 6.29. The lowest BCUT2D eigenvalue weighted by atomic mass is 10.2. The van der Waals surface area contributed by atoms with Gasteiger partial charge in [-0.3, -0.25) is 9.10 Å². The number of para-hydroxylation sites is 1. The van der Waals surface area contributed by atoms with Gasteiger partial charge < -0.3 is 4.74 Å². The van der Waals surface area contributed by atoms with Gasteiger partial charge in [0, 0.05) is 0 Å². The maximum atomic E-state index is 14.5. The standard InChI is InChI=1S/C23H22FN3O4S/c1-17-10-12-20(13-11-17)32(29,30)27(22-9-4-3-8-21(22)24)16-23(28)26-25-15-18-6-5-7-19(14-18)31-2/h3-15H,16H2,1-2H3,(H,26,28)/b25-15-. The van der Waals surface area contributed by atoms with Gasteiger partial charge in [0.15, 0.2) is 0 Å². The van der Waals surface area contributed by atoms with Crippen LogP contribution in [0.4, 0.5) is 10.1 Å². The Morgan fingerprint density at radius 3 is 2.50 bits per heavy atom. The number of ether oxygens (including phenoxy) is 1. The second-order valence-electron chi connectivity index (χ2n) is 6.85. The Morgan fingerprint density at radius 2 is 1.81 bits per heavy atom. The van der Waals surface area contributed by atoms with Gasteiger partial charge >= 0.3 is 0 Å². The summed E-state index contributed by atoms with van der Waals surface area (Å²) in [5.41, 5.74) is 3.58. The van der Waals surface area contributed by atoms with Crippen LogP contribution in [-0.4, -0.2) is 34.2 Å². The lowest BCUT2D eigenvalue weighted by Crippen LogP contribution is -2.40. The average Bonchev–Trinajstić information content (AvgIpc) is 2.78. The van der Waals surface area contributed by atoms with E-state index in [1.54, 1.807) is 36.4 Å². The Hall–Kier alpha value is -3.72. The van der Waals surface area contributed by atoms with Crippen LogP contribution in [0.15, 0.2) is 82.8 Å². The van der Waals surface area contributed by atoms with E-state index in [9.17, 15) is 17.6 Å². The largest absolute Gasteiger partial charge is 0.497 e. The van der Waals surface area contributed by atoms with E-state index >= 15 is 0 Å². The molecule has 0 aliphatic rings. The van der Waals surface area contributed by atoms with Crippen molar-refractivity contribution in [3.05, 3.63) is 89.7 Å². The highest BCUT2D eigenvalue weighted by Gasteiger charge is 2.29.